The van der Waals surface area contributed by atoms with Gasteiger partial charge in [0, 0.05) is 19.4 Å². The van der Waals surface area contributed by atoms with Gasteiger partial charge in [0.1, 0.15) is 35.4 Å². The van der Waals surface area contributed by atoms with Gasteiger partial charge in [0.2, 0.25) is 17.7 Å². The lowest BCUT2D eigenvalue weighted by molar-refractivity contribution is -0.158. The van der Waals surface area contributed by atoms with Crippen LogP contribution in [0.2, 0.25) is 0 Å². The molecule has 0 unspecified atom stereocenters. The summed E-state index contributed by atoms with van der Waals surface area (Å²) in [4.78, 5) is 64.4. The lowest BCUT2D eigenvalue weighted by atomic mass is 10.0. The van der Waals surface area contributed by atoms with Gasteiger partial charge < -0.3 is 35.5 Å². The Morgan fingerprint density at radius 2 is 1.14 bits per heavy atom. The Kier molecular flexibility index (Phi) is 14.3. The van der Waals surface area contributed by atoms with E-state index in [-0.39, 0.29) is 19.4 Å². The van der Waals surface area contributed by atoms with Crippen LogP contribution in [0.4, 0.5) is 4.79 Å². The molecule has 0 aliphatic heterocycles. The predicted molar refractivity (Wildman–Crippen MR) is 167 cm³/mol. The molecule has 1 aromatic carbocycles. The molecule has 12 nitrogen and oxygen atoms in total. The number of alkyl carbamates (subject to hydrolysis) is 1. The molecule has 0 heterocycles. The Morgan fingerprint density at radius 3 is 1.64 bits per heavy atom. The van der Waals surface area contributed by atoms with Crippen molar-refractivity contribution in [1.82, 2.24) is 21.3 Å². The molecule has 0 radical (unpaired) electrons. The monoisotopic (exact) mass is 620 g/mol. The number of ether oxygens (including phenoxy) is 3. The highest BCUT2D eigenvalue weighted by Gasteiger charge is 2.31. The molecule has 12 heteroatoms. The summed E-state index contributed by atoms with van der Waals surface area (Å²) in [5.74, 6) is -2.47. The molecule has 248 valence electrons. The van der Waals surface area contributed by atoms with Crippen LogP contribution in [0.1, 0.15) is 88.1 Å². The number of rotatable bonds is 13. The van der Waals surface area contributed by atoms with Crippen molar-refractivity contribution in [2.45, 2.75) is 130 Å². The second-order valence-electron chi connectivity index (χ2n) is 13.7. The SMILES string of the molecule is C[C@H](NC(=O)[C@H](C)NC(=O)[C@H](CCOC(C)(C)C)NC(=O)OC(C)(C)C)C(=O)N[C@@H](Cc1ccccc1)C(=O)OC(C)(C)C. The molecule has 44 heavy (non-hydrogen) atoms. The smallest absolute Gasteiger partial charge is 0.408 e. The third-order valence-electron chi connectivity index (χ3n) is 5.74. The largest absolute Gasteiger partial charge is 0.458 e. The Hall–Kier alpha value is -3.67. The number of esters is 1. The molecule has 4 atom stereocenters. The van der Waals surface area contributed by atoms with E-state index in [4.69, 9.17) is 14.2 Å². The molecule has 1 aromatic rings. The van der Waals surface area contributed by atoms with Gasteiger partial charge in [-0.25, -0.2) is 9.59 Å². The summed E-state index contributed by atoms with van der Waals surface area (Å²) in [6, 6.07) is 5.02. The van der Waals surface area contributed by atoms with Gasteiger partial charge in [0.05, 0.1) is 5.60 Å². The lowest BCUT2D eigenvalue weighted by Gasteiger charge is -2.27. The third kappa shape index (κ3) is 16.3. The maximum Gasteiger partial charge on any atom is 0.408 e. The fourth-order valence-electron chi connectivity index (χ4n) is 3.70. The number of carbonyl (C=O) groups is 5. The number of amides is 4. The molecule has 1 rings (SSSR count). The summed E-state index contributed by atoms with van der Waals surface area (Å²) >= 11 is 0. The van der Waals surface area contributed by atoms with Crippen molar-refractivity contribution in [3.05, 3.63) is 35.9 Å². The van der Waals surface area contributed by atoms with E-state index in [0.717, 1.165) is 5.56 Å². The number of nitrogens with one attached hydrogen (secondary N) is 4. The van der Waals surface area contributed by atoms with E-state index in [9.17, 15) is 24.0 Å². The maximum absolute atomic E-state index is 13.1. The van der Waals surface area contributed by atoms with Crippen LogP contribution >= 0.6 is 0 Å². The van der Waals surface area contributed by atoms with E-state index in [2.05, 4.69) is 21.3 Å². The molecule has 0 aliphatic carbocycles. The van der Waals surface area contributed by atoms with Gasteiger partial charge >= 0.3 is 12.1 Å². The molecule has 0 bridgehead atoms. The van der Waals surface area contributed by atoms with Crippen LogP contribution in [-0.2, 0) is 39.8 Å². The van der Waals surface area contributed by atoms with Crippen LogP contribution in [0.3, 0.4) is 0 Å². The summed E-state index contributed by atoms with van der Waals surface area (Å²) in [6.45, 7) is 19.0. The fourth-order valence-corrected chi connectivity index (χ4v) is 3.70. The van der Waals surface area contributed by atoms with Crippen LogP contribution in [0.15, 0.2) is 30.3 Å². The molecule has 0 aromatic heterocycles. The number of carbonyl (C=O) groups excluding carboxylic acids is 5. The Morgan fingerprint density at radius 1 is 0.636 bits per heavy atom. The Bertz CT molecular complexity index is 1120. The number of hydrogen-bond donors (Lipinski definition) is 4. The van der Waals surface area contributed by atoms with Crippen LogP contribution in [0.25, 0.3) is 0 Å². The van der Waals surface area contributed by atoms with Gasteiger partial charge in [-0.3, -0.25) is 14.4 Å². The minimum absolute atomic E-state index is 0.128. The van der Waals surface area contributed by atoms with Crippen molar-refractivity contribution in [3.63, 3.8) is 0 Å². The van der Waals surface area contributed by atoms with E-state index in [0.29, 0.717) is 0 Å². The minimum atomic E-state index is -1.06. The highest BCUT2D eigenvalue weighted by atomic mass is 16.6. The van der Waals surface area contributed by atoms with Crippen LogP contribution in [0.5, 0.6) is 0 Å². The molecule has 0 saturated carbocycles. The zero-order valence-electron chi connectivity index (χ0n) is 28.1. The van der Waals surface area contributed by atoms with Crippen LogP contribution in [-0.4, -0.2) is 77.4 Å². The molecule has 0 fully saturated rings. The third-order valence-corrected chi connectivity index (χ3v) is 5.74. The van der Waals surface area contributed by atoms with Crippen molar-refractivity contribution in [1.29, 1.82) is 0 Å². The van der Waals surface area contributed by atoms with Crippen LogP contribution < -0.4 is 21.3 Å². The Labute approximate surface area is 261 Å². The van der Waals surface area contributed by atoms with E-state index < -0.39 is 70.8 Å². The summed E-state index contributed by atoms with van der Waals surface area (Å²) in [5, 5.41) is 10.3. The minimum Gasteiger partial charge on any atom is -0.458 e. The molecule has 0 spiro atoms. The highest BCUT2D eigenvalue weighted by molar-refractivity contribution is 5.94. The zero-order valence-corrected chi connectivity index (χ0v) is 28.1. The molecular formula is C32H52N4O8. The topological polar surface area (TPSA) is 161 Å². The van der Waals surface area contributed by atoms with Crippen molar-refractivity contribution >= 4 is 29.8 Å². The number of benzene rings is 1. The molecule has 0 saturated heterocycles. The summed E-state index contributed by atoms with van der Waals surface area (Å²) in [6.07, 6.45) is -0.464. The quantitative estimate of drug-likeness (QED) is 0.245. The second kappa shape index (κ2) is 16.4. The zero-order chi connectivity index (χ0) is 33.9. The van der Waals surface area contributed by atoms with Gasteiger partial charge in [-0.05, 0) is 81.7 Å². The van der Waals surface area contributed by atoms with Gasteiger partial charge in [-0.1, -0.05) is 30.3 Å². The van der Waals surface area contributed by atoms with Crippen LogP contribution in [0, 0.1) is 0 Å². The maximum atomic E-state index is 13.1. The van der Waals surface area contributed by atoms with Crippen molar-refractivity contribution in [2.75, 3.05) is 6.61 Å². The first-order valence-electron chi connectivity index (χ1n) is 14.9. The molecular weight excluding hydrogens is 568 g/mol. The highest BCUT2D eigenvalue weighted by Crippen LogP contribution is 2.13. The Balaban J connectivity index is 2.88. The van der Waals surface area contributed by atoms with Gasteiger partial charge in [-0.2, -0.15) is 0 Å². The summed E-state index contributed by atoms with van der Waals surface area (Å²) in [7, 11) is 0. The standard InChI is InChI=1S/C32H52N4O8/c1-20(34-27(39)23(17-18-42-30(3,4)5)36-29(41)44-32(9,10)11)25(37)33-21(2)26(38)35-24(28(40)43-31(6,7)8)19-22-15-13-12-14-16-22/h12-16,20-21,23-24H,17-19H2,1-11H3,(H,33,37)(H,34,39)(H,35,38)(H,36,41)/t20-,21-,23-,24-/m0/s1. The second-order valence-corrected chi connectivity index (χ2v) is 13.7. The van der Waals surface area contributed by atoms with Crippen molar-refractivity contribution in [3.8, 4) is 0 Å². The van der Waals surface area contributed by atoms with E-state index in [1.54, 1.807) is 41.5 Å². The number of hydrogen-bond acceptors (Lipinski definition) is 8. The lowest BCUT2D eigenvalue weighted by Crippen LogP contribution is -2.57. The van der Waals surface area contributed by atoms with Crippen molar-refractivity contribution < 1.29 is 38.2 Å². The average molecular weight is 621 g/mol. The molecule has 0 aliphatic rings. The van der Waals surface area contributed by atoms with Gasteiger partial charge in [-0.15, -0.1) is 0 Å². The van der Waals surface area contributed by atoms with E-state index in [1.807, 2.05) is 51.1 Å². The molecule has 4 N–H and O–H groups in total. The van der Waals surface area contributed by atoms with E-state index in [1.165, 1.54) is 13.8 Å². The van der Waals surface area contributed by atoms with Gasteiger partial charge in [0.25, 0.3) is 0 Å². The molecule has 4 amide bonds. The normalized spacial score (nSPS) is 14.7. The average Bonchev–Trinajstić information content (AvgIpc) is 2.85. The van der Waals surface area contributed by atoms with Gasteiger partial charge in [0.15, 0.2) is 0 Å². The summed E-state index contributed by atoms with van der Waals surface area (Å²) < 4.78 is 16.5. The predicted octanol–water partition coefficient (Wildman–Crippen LogP) is 3.16. The first kappa shape index (κ1) is 38.4. The van der Waals surface area contributed by atoms with Crippen molar-refractivity contribution in [2.24, 2.45) is 0 Å². The first-order valence-corrected chi connectivity index (χ1v) is 14.9. The fraction of sp³-hybridized carbons (Fsp3) is 0.656. The first-order chi connectivity index (χ1) is 20.1. The van der Waals surface area contributed by atoms with E-state index >= 15 is 0 Å². The summed E-state index contributed by atoms with van der Waals surface area (Å²) in [5.41, 5.74) is -1.18.